The standard InChI is InChI=1S/C12H10Cl3NO3/c1-2-18-12(17)9-5-8(16-19-9)10-6(13)3-4-7(14)11(10)15/h3-4,9H,2,5H2,1H3. The molecule has 0 radical (unpaired) electrons. The lowest BCUT2D eigenvalue weighted by atomic mass is 10.0. The van der Waals surface area contributed by atoms with E-state index < -0.39 is 12.1 Å². The number of oxime groups is 1. The molecule has 0 spiro atoms. The fourth-order valence-electron chi connectivity index (χ4n) is 1.68. The predicted molar refractivity (Wildman–Crippen MR) is 74.1 cm³/mol. The van der Waals surface area contributed by atoms with E-state index in [0.717, 1.165) is 0 Å². The number of rotatable bonds is 3. The Morgan fingerprint density at radius 1 is 1.42 bits per heavy atom. The van der Waals surface area contributed by atoms with E-state index >= 15 is 0 Å². The molecule has 19 heavy (non-hydrogen) atoms. The molecule has 1 heterocycles. The molecule has 1 atom stereocenters. The molecular weight excluding hydrogens is 312 g/mol. The average molecular weight is 323 g/mol. The lowest BCUT2D eigenvalue weighted by Gasteiger charge is -2.08. The van der Waals surface area contributed by atoms with E-state index in [4.69, 9.17) is 44.4 Å². The molecule has 4 nitrogen and oxygen atoms in total. The van der Waals surface area contributed by atoms with Crippen molar-refractivity contribution in [1.82, 2.24) is 0 Å². The Morgan fingerprint density at radius 2 is 2.11 bits per heavy atom. The highest BCUT2D eigenvalue weighted by atomic mass is 35.5. The van der Waals surface area contributed by atoms with Crippen molar-refractivity contribution in [3.8, 4) is 0 Å². The van der Waals surface area contributed by atoms with Gasteiger partial charge in [-0.2, -0.15) is 0 Å². The van der Waals surface area contributed by atoms with E-state index in [-0.39, 0.29) is 13.0 Å². The Bertz CT molecular complexity index is 545. The van der Waals surface area contributed by atoms with Gasteiger partial charge in [-0.3, -0.25) is 0 Å². The van der Waals surface area contributed by atoms with Crippen molar-refractivity contribution in [2.24, 2.45) is 5.16 Å². The molecule has 1 aromatic carbocycles. The zero-order valence-corrected chi connectivity index (χ0v) is 12.2. The van der Waals surface area contributed by atoms with Crippen molar-refractivity contribution in [3.63, 3.8) is 0 Å². The quantitative estimate of drug-likeness (QED) is 0.629. The summed E-state index contributed by atoms with van der Waals surface area (Å²) in [5.74, 6) is -0.462. The van der Waals surface area contributed by atoms with Crippen LogP contribution < -0.4 is 0 Å². The molecule has 0 saturated carbocycles. The number of hydrogen-bond donors (Lipinski definition) is 0. The Labute approximate surface area is 125 Å². The van der Waals surface area contributed by atoms with Gasteiger partial charge in [0.1, 0.15) is 0 Å². The van der Waals surface area contributed by atoms with Gasteiger partial charge in [0.05, 0.1) is 27.4 Å². The Kier molecular flexibility index (Phi) is 4.55. The lowest BCUT2D eigenvalue weighted by Crippen LogP contribution is -2.23. The highest BCUT2D eigenvalue weighted by Crippen LogP contribution is 2.34. The summed E-state index contributed by atoms with van der Waals surface area (Å²) < 4.78 is 4.86. The van der Waals surface area contributed by atoms with E-state index in [0.29, 0.717) is 26.3 Å². The zero-order chi connectivity index (χ0) is 14.0. The summed E-state index contributed by atoms with van der Waals surface area (Å²) in [6.45, 7) is 2.01. The Balaban J connectivity index is 2.22. The van der Waals surface area contributed by atoms with Gasteiger partial charge in [-0.25, -0.2) is 4.79 Å². The SMILES string of the molecule is CCOC(=O)C1CC(c2c(Cl)ccc(Cl)c2Cl)=NO1. The third-order valence-electron chi connectivity index (χ3n) is 2.55. The molecule has 2 rings (SSSR count). The monoisotopic (exact) mass is 321 g/mol. The average Bonchev–Trinajstić information content (AvgIpc) is 2.84. The normalized spacial score (nSPS) is 17.9. The molecular formula is C12H10Cl3NO3. The number of benzene rings is 1. The number of carbonyl (C=O) groups is 1. The van der Waals surface area contributed by atoms with Crippen LogP contribution in [0.3, 0.4) is 0 Å². The van der Waals surface area contributed by atoms with Crippen LogP contribution in [0.2, 0.25) is 15.1 Å². The van der Waals surface area contributed by atoms with Crippen molar-refractivity contribution in [3.05, 3.63) is 32.8 Å². The second-order valence-electron chi connectivity index (χ2n) is 3.81. The number of hydrogen-bond acceptors (Lipinski definition) is 4. The molecule has 0 bridgehead atoms. The zero-order valence-electron chi connectivity index (χ0n) is 9.95. The summed E-state index contributed by atoms with van der Waals surface area (Å²) in [5, 5.41) is 4.90. The van der Waals surface area contributed by atoms with Gasteiger partial charge in [-0.1, -0.05) is 40.0 Å². The Hall–Kier alpha value is -0.970. The van der Waals surface area contributed by atoms with Gasteiger partial charge in [-0.15, -0.1) is 0 Å². The maximum absolute atomic E-state index is 11.5. The summed E-state index contributed by atoms with van der Waals surface area (Å²) in [4.78, 5) is 16.6. The third kappa shape index (κ3) is 2.96. The molecule has 1 unspecified atom stereocenters. The predicted octanol–water partition coefficient (Wildman–Crippen LogP) is 3.70. The largest absolute Gasteiger partial charge is 0.463 e. The van der Waals surface area contributed by atoms with E-state index in [1.807, 2.05) is 0 Å². The van der Waals surface area contributed by atoms with Crippen LogP contribution in [0, 0.1) is 0 Å². The van der Waals surface area contributed by atoms with E-state index in [2.05, 4.69) is 5.16 Å². The van der Waals surface area contributed by atoms with Crippen LogP contribution in [0.15, 0.2) is 17.3 Å². The number of halogens is 3. The van der Waals surface area contributed by atoms with E-state index in [1.165, 1.54) is 0 Å². The van der Waals surface area contributed by atoms with Crippen molar-refractivity contribution >= 4 is 46.5 Å². The topological polar surface area (TPSA) is 47.9 Å². The Morgan fingerprint density at radius 3 is 2.79 bits per heavy atom. The molecule has 1 aliphatic rings. The fourth-order valence-corrected chi connectivity index (χ4v) is 2.42. The minimum absolute atomic E-state index is 0.249. The van der Waals surface area contributed by atoms with Crippen LogP contribution in [0.1, 0.15) is 18.9 Å². The smallest absolute Gasteiger partial charge is 0.350 e. The summed E-state index contributed by atoms with van der Waals surface area (Å²) in [5.41, 5.74) is 0.971. The first kappa shape index (κ1) is 14.4. The minimum atomic E-state index is -0.763. The van der Waals surface area contributed by atoms with Gasteiger partial charge >= 0.3 is 5.97 Å². The van der Waals surface area contributed by atoms with Gasteiger partial charge in [0.25, 0.3) is 0 Å². The molecule has 7 heteroatoms. The number of nitrogens with zero attached hydrogens (tertiary/aromatic N) is 1. The summed E-state index contributed by atoms with van der Waals surface area (Å²) >= 11 is 18.1. The highest BCUT2D eigenvalue weighted by molar-refractivity contribution is 6.46. The summed E-state index contributed by atoms with van der Waals surface area (Å²) in [6.07, 6.45) is -0.514. The minimum Gasteiger partial charge on any atom is -0.463 e. The van der Waals surface area contributed by atoms with Gasteiger partial charge < -0.3 is 9.57 Å². The molecule has 0 aromatic heterocycles. The van der Waals surface area contributed by atoms with Crippen molar-refractivity contribution in [2.45, 2.75) is 19.4 Å². The van der Waals surface area contributed by atoms with Crippen LogP contribution in [0.4, 0.5) is 0 Å². The maximum atomic E-state index is 11.5. The van der Waals surface area contributed by atoms with Gasteiger partial charge in [-0.05, 0) is 19.1 Å². The number of carbonyl (C=O) groups excluding carboxylic acids is 1. The van der Waals surface area contributed by atoms with Gasteiger partial charge in [0.2, 0.25) is 6.10 Å². The van der Waals surface area contributed by atoms with Crippen LogP contribution in [0.5, 0.6) is 0 Å². The van der Waals surface area contributed by atoms with Crippen LogP contribution in [-0.2, 0) is 14.4 Å². The highest BCUT2D eigenvalue weighted by Gasteiger charge is 2.32. The maximum Gasteiger partial charge on any atom is 0.350 e. The van der Waals surface area contributed by atoms with E-state index in [9.17, 15) is 4.79 Å². The molecule has 0 aliphatic carbocycles. The van der Waals surface area contributed by atoms with Crippen LogP contribution in [0.25, 0.3) is 0 Å². The lowest BCUT2D eigenvalue weighted by molar-refractivity contribution is -0.154. The van der Waals surface area contributed by atoms with Crippen molar-refractivity contribution in [1.29, 1.82) is 0 Å². The van der Waals surface area contributed by atoms with Crippen molar-refractivity contribution < 1.29 is 14.4 Å². The first-order valence-electron chi connectivity index (χ1n) is 5.57. The molecule has 0 amide bonds. The third-order valence-corrected chi connectivity index (χ3v) is 3.67. The summed E-state index contributed by atoms with van der Waals surface area (Å²) in [7, 11) is 0. The van der Waals surface area contributed by atoms with Gasteiger partial charge in [0.15, 0.2) is 0 Å². The van der Waals surface area contributed by atoms with E-state index in [1.54, 1.807) is 19.1 Å². The summed E-state index contributed by atoms with van der Waals surface area (Å²) in [6, 6.07) is 3.21. The molecule has 102 valence electrons. The first-order chi connectivity index (χ1) is 9.04. The van der Waals surface area contributed by atoms with Gasteiger partial charge in [0, 0.05) is 12.0 Å². The van der Waals surface area contributed by atoms with Crippen LogP contribution in [-0.4, -0.2) is 24.4 Å². The molecule has 1 aromatic rings. The van der Waals surface area contributed by atoms with Crippen molar-refractivity contribution in [2.75, 3.05) is 6.61 Å². The second kappa shape index (κ2) is 5.99. The second-order valence-corrected chi connectivity index (χ2v) is 5.00. The molecule has 0 N–H and O–H groups in total. The fraction of sp³-hybridized carbons (Fsp3) is 0.333. The molecule has 0 saturated heterocycles. The molecule has 1 aliphatic heterocycles. The number of ether oxygens (including phenoxy) is 1. The number of esters is 1. The molecule has 0 fully saturated rings. The first-order valence-corrected chi connectivity index (χ1v) is 6.71. The van der Waals surface area contributed by atoms with Crippen LogP contribution >= 0.6 is 34.8 Å².